The molecular formula is C27H34N5O5P. The van der Waals surface area contributed by atoms with Crippen LogP contribution in [0.2, 0.25) is 0 Å². The lowest BCUT2D eigenvalue weighted by molar-refractivity contribution is -0.384. The van der Waals surface area contributed by atoms with Gasteiger partial charge in [0.1, 0.15) is 18.8 Å². The van der Waals surface area contributed by atoms with E-state index in [1.807, 2.05) is 14.1 Å². The largest absolute Gasteiger partial charge is 0.494 e. The minimum atomic E-state index is -2.70. The smallest absolute Gasteiger partial charge is 0.271 e. The van der Waals surface area contributed by atoms with Gasteiger partial charge in [0.2, 0.25) is 0 Å². The molecule has 0 saturated carbocycles. The Morgan fingerprint density at radius 3 is 2.08 bits per heavy atom. The van der Waals surface area contributed by atoms with Crippen molar-refractivity contribution in [1.82, 2.24) is 9.34 Å². The van der Waals surface area contributed by atoms with E-state index >= 15 is 0 Å². The Kier molecular flexibility index (Phi) is 7.97. The number of nitro groups is 1. The van der Waals surface area contributed by atoms with Gasteiger partial charge in [0, 0.05) is 68.8 Å². The molecule has 10 nitrogen and oxygen atoms in total. The Morgan fingerprint density at radius 2 is 1.53 bits per heavy atom. The van der Waals surface area contributed by atoms with Gasteiger partial charge in [0.15, 0.2) is 0 Å². The van der Waals surface area contributed by atoms with Gasteiger partial charge in [-0.05, 0) is 23.6 Å². The molecule has 0 amide bonds. The van der Waals surface area contributed by atoms with Crippen molar-refractivity contribution in [2.24, 2.45) is 4.74 Å². The molecule has 2 aliphatic rings. The number of nitro benzene ring substituents is 1. The number of hydrogen-bond acceptors (Lipinski definition) is 7. The Morgan fingerprint density at radius 1 is 0.921 bits per heavy atom. The summed E-state index contributed by atoms with van der Waals surface area (Å²) in [4.78, 5) is 13.5. The van der Waals surface area contributed by atoms with Crippen LogP contribution in [0, 0.1) is 10.1 Å². The number of non-ortho nitro benzene ring substituents is 1. The summed E-state index contributed by atoms with van der Waals surface area (Å²) < 4.78 is 27.7. The fourth-order valence-corrected chi connectivity index (χ4v) is 9.29. The first-order chi connectivity index (χ1) is 18.5. The predicted molar refractivity (Wildman–Crippen MR) is 151 cm³/mol. The van der Waals surface area contributed by atoms with Crippen LogP contribution in [0.4, 0.5) is 17.1 Å². The van der Waals surface area contributed by atoms with Gasteiger partial charge in [-0.3, -0.25) is 10.1 Å². The minimum absolute atomic E-state index is 0.0144. The third-order valence-electron chi connectivity index (χ3n) is 7.07. The minimum Gasteiger partial charge on any atom is -0.494 e. The van der Waals surface area contributed by atoms with Gasteiger partial charge in [-0.2, -0.15) is 0 Å². The molecule has 2 saturated heterocycles. The third-order valence-corrected chi connectivity index (χ3v) is 11.0. The number of anilines is 1. The second-order valence-electron chi connectivity index (χ2n) is 9.46. The number of ether oxygens (including phenoxy) is 3. The summed E-state index contributed by atoms with van der Waals surface area (Å²) in [6, 6.07) is 17.4. The van der Waals surface area contributed by atoms with Crippen LogP contribution in [0.5, 0.6) is 5.75 Å². The number of methoxy groups -OCH3 is 1. The standard InChI is InChI=1S/C27H34N5O5P/c1-29(2)25-9-11-27(23-7-5-4-6-22(23)25)38(30-12-16-36-17-13-30,31-14-18-37-19-15-31)28-24-20-21(32(33)34)8-10-26(24)35-3/h4-11,20H,12-19H2,1-3H3. The Bertz CT molecular complexity index is 1350. The number of fused-ring (bicyclic) bond motifs is 1. The summed E-state index contributed by atoms with van der Waals surface area (Å²) in [6.45, 7) is 5.21. The lowest BCUT2D eigenvalue weighted by atomic mass is 10.1. The van der Waals surface area contributed by atoms with Gasteiger partial charge in [-0.15, -0.1) is 0 Å². The molecule has 0 aliphatic carbocycles. The quantitative estimate of drug-likeness (QED) is 0.247. The maximum Gasteiger partial charge on any atom is 0.271 e. The first-order valence-corrected chi connectivity index (χ1v) is 14.4. The monoisotopic (exact) mass is 539 g/mol. The summed E-state index contributed by atoms with van der Waals surface area (Å²) in [5, 5.41) is 15.1. The molecule has 0 radical (unpaired) electrons. The molecule has 0 aromatic heterocycles. The molecule has 0 N–H and O–H groups in total. The number of rotatable bonds is 7. The number of nitrogens with zero attached hydrogens (tertiary/aromatic N) is 5. The van der Waals surface area contributed by atoms with Gasteiger partial charge in [-0.1, -0.05) is 24.3 Å². The van der Waals surface area contributed by atoms with E-state index in [0.717, 1.165) is 21.8 Å². The maximum absolute atomic E-state index is 11.7. The molecule has 38 heavy (non-hydrogen) atoms. The van der Waals surface area contributed by atoms with E-state index in [1.165, 1.54) is 12.1 Å². The highest BCUT2D eigenvalue weighted by Crippen LogP contribution is 2.60. The van der Waals surface area contributed by atoms with Crippen LogP contribution in [0.25, 0.3) is 10.8 Å². The fraction of sp³-hybridized carbons (Fsp3) is 0.407. The Balaban J connectivity index is 1.89. The zero-order valence-electron chi connectivity index (χ0n) is 22.1. The molecule has 2 heterocycles. The second kappa shape index (κ2) is 11.4. The van der Waals surface area contributed by atoms with Crippen molar-refractivity contribution in [1.29, 1.82) is 0 Å². The number of morpholine rings is 2. The summed E-state index contributed by atoms with van der Waals surface area (Å²) >= 11 is 0. The van der Waals surface area contributed by atoms with E-state index in [-0.39, 0.29) is 10.6 Å². The van der Waals surface area contributed by atoms with E-state index in [1.54, 1.807) is 13.2 Å². The summed E-state index contributed by atoms with van der Waals surface area (Å²) in [5.74, 6) is 0.510. The van der Waals surface area contributed by atoms with Crippen LogP contribution in [0.15, 0.2) is 59.3 Å². The average Bonchev–Trinajstić information content (AvgIpc) is 2.96. The van der Waals surface area contributed by atoms with Crippen LogP contribution in [0.1, 0.15) is 0 Å². The van der Waals surface area contributed by atoms with Crippen LogP contribution in [0.3, 0.4) is 0 Å². The third kappa shape index (κ3) is 4.90. The zero-order valence-corrected chi connectivity index (χ0v) is 23.0. The molecule has 3 aromatic carbocycles. The van der Waals surface area contributed by atoms with E-state index in [4.69, 9.17) is 19.0 Å². The SMILES string of the molecule is COc1ccc([N+](=O)[O-])cc1N=P(c1ccc(N(C)C)c2ccccc12)(N1CCOCC1)N1CCOCC1. The molecular weight excluding hydrogens is 505 g/mol. The molecule has 2 fully saturated rings. The van der Waals surface area contributed by atoms with Crippen molar-refractivity contribution >= 4 is 40.5 Å². The van der Waals surface area contributed by atoms with Gasteiger partial charge in [0.05, 0.1) is 38.5 Å². The number of benzene rings is 3. The highest BCUT2D eigenvalue weighted by atomic mass is 31.2. The second-order valence-corrected chi connectivity index (χ2v) is 12.4. The van der Waals surface area contributed by atoms with Crippen molar-refractivity contribution in [2.45, 2.75) is 0 Å². The molecule has 3 aromatic rings. The van der Waals surface area contributed by atoms with Crippen molar-refractivity contribution in [3.05, 3.63) is 64.7 Å². The van der Waals surface area contributed by atoms with Crippen LogP contribution in [-0.4, -0.2) is 88.1 Å². The normalized spacial score (nSPS) is 17.3. The van der Waals surface area contributed by atoms with Crippen molar-refractivity contribution in [2.75, 3.05) is 78.7 Å². The van der Waals surface area contributed by atoms with Gasteiger partial charge < -0.3 is 19.1 Å². The molecule has 202 valence electrons. The van der Waals surface area contributed by atoms with E-state index in [0.29, 0.717) is 64.0 Å². The lowest BCUT2D eigenvalue weighted by Crippen LogP contribution is -2.46. The van der Waals surface area contributed by atoms with Crippen LogP contribution in [-0.2, 0) is 9.47 Å². The van der Waals surface area contributed by atoms with Crippen LogP contribution < -0.4 is 14.9 Å². The maximum atomic E-state index is 11.7. The summed E-state index contributed by atoms with van der Waals surface area (Å²) in [7, 11) is 2.97. The molecule has 0 bridgehead atoms. The van der Waals surface area contributed by atoms with Gasteiger partial charge >= 0.3 is 0 Å². The van der Waals surface area contributed by atoms with Gasteiger partial charge in [-0.25, -0.2) is 14.1 Å². The van der Waals surface area contributed by atoms with E-state index in [9.17, 15) is 10.1 Å². The van der Waals surface area contributed by atoms with Gasteiger partial charge in [0.25, 0.3) is 5.69 Å². The number of hydrogen-bond donors (Lipinski definition) is 0. The molecule has 5 rings (SSSR count). The van der Waals surface area contributed by atoms with Crippen molar-refractivity contribution < 1.29 is 19.1 Å². The highest BCUT2D eigenvalue weighted by molar-refractivity contribution is 7.70. The van der Waals surface area contributed by atoms with E-state index in [2.05, 4.69) is 50.6 Å². The van der Waals surface area contributed by atoms with Crippen molar-refractivity contribution in [3.63, 3.8) is 0 Å². The first kappa shape index (κ1) is 26.6. The topological polar surface area (TPSA) is 92.9 Å². The van der Waals surface area contributed by atoms with Crippen LogP contribution >= 0.6 is 7.36 Å². The fourth-order valence-electron chi connectivity index (χ4n) is 5.27. The lowest BCUT2D eigenvalue weighted by Gasteiger charge is -2.47. The molecule has 0 spiro atoms. The highest BCUT2D eigenvalue weighted by Gasteiger charge is 2.40. The van der Waals surface area contributed by atoms with E-state index < -0.39 is 7.36 Å². The predicted octanol–water partition coefficient (Wildman–Crippen LogP) is 4.48. The zero-order chi connectivity index (χ0) is 26.7. The molecule has 0 atom stereocenters. The average molecular weight is 540 g/mol. The van der Waals surface area contributed by atoms with Crippen molar-refractivity contribution in [3.8, 4) is 5.75 Å². The molecule has 0 unspecified atom stereocenters. The summed E-state index contributed by atoms with van der Waals surface area (Å²) in [5.41, 5.74) is 1.59. The first-order valence-electron chi connectivity index (χ1n) is 12.8. The molecule has 11 heteroatoms. The Labute approximate surface area is 223 Å². The molecule has 2 aliphatic heterocycles. The summed E-state index contributed by atoms with van der Waals surface area (Å²) in [6.07, 6.45) is 0. The Hall–Kier alpha value is -3.01.